The molecule has 1 unspecified atom stereocenters. The number of Topliss-reactive ketones (excluding diaryl/α,β-unsaturated/α-hetero) is 1. The molecule has 1 atom stereocenters. The van der Waals surface area contributed by atoms with E-state index in [2.05, 4.69) is 0 Å². The van der Waals surface area contributed by atoms with Crippen molar-refractivity contribution in [3.8, 4) is 0 Å². The van der Waals surface area contributed by atoms with E-state index in [0.29, 0.717) is 12.2 Å². The molecule has 0 heterocycles. The molecular formula is C13H19NO. The lowest BCUT2D eigenvalue weighted by Gasteiger charge is -2.23. The molecule has 0 radical (unpaired) electrons. The van der Waals surface area contributed by atoms with Crippen LogP contribution in [0, 0.1) is 0 Å². The molecule has 0 aliphatic rings. The first-order chi connectivity index (χ1) is 7.16. The van der Waals surface area contributed by atoms with Crippen molar-refractivity contribution in [2.24, 2.45) is 0 Å². The van der Waals surface area contributed by atoms with Crippen molar-refractivity contribution in [3.05, 3.63) is 35.9 Å². The highest BCUT2D eigenvalue weighted by Crippen LogP contribution is 2.20. The van der Waals surface area contributed by atoms with Crippen LogP contribution in [-0.4, -0.2) is 24.8 Å². The summed E-state index contributed by atoms with van der Waals surface area (Å²) in [5.41, 5.74) is 1.08. The lowest BCUT2D eigenvalue weighted by atomic mass is 9.99. The molecule has 0 saturated carbocycles. The molecule has 2 heteroatoms. The first-order valence-corrected chi connectivity index (χ1v) is 5.41. The van der Waals surface area contributed by atoms with Gasteiger partial charge < -0.3 is 0 Å². The Morgan fingerprint density at radius 3 is 2.33 bits per heavy atom. The van der Waals surface area contributed by atoms with Gasteiger partial charge in [-0.05, 0) is 26.1 Å². The number of hydrogen-bond acceptors (Lipinski definition) is 2. The summed E-state index contributed by atoms with van der Waals surface area (Å²) in [6.45, 7) is 2.04. The van der Waals surface area contributed by atoms with Crippen molar-refractivity contribution in [1.82, 2.24) is 4.90 Å². The van der Waals surface area contributed by atoms with Crippen LogP contribution in [0.3, 0.4) is 0 Å². The molecule has 1 aromatic rings. The molecule has 82 valence electrons. The van der Waals surface area contributed by atoms with E-state index in [1.165, 1.54) is 0 Å². The van der Waals surface area contributed by atoms with Crippen molar-refractivity contribution in [2.75, 3.05) is 14.1 Å². The van der Waals surface area contributed by atoms with E-state index in [-0.39, 0.29) is 6.04 Å². The molecule has 0 fully saturated rings. The third-order valence-electron chi connectivity index (χ3n) is 2.43. The molecule has 0 bridgehead atoms. The van der Waals surface area contributed by atoms with Gasteiger partial charge in [0.1, 0.15) is 0 Å². The van der Waals surface area contributed by atoms with Crippen molar-refractivity contribution < 1.29 is 4.79 Å². The fraction of sp³-hybridized carbons (Fsp3) is 0.462. The minimum Gasteiger partial charge on any atom is -0.298 e. The summed E-state index contributed by atoms with van der Waals surface area (Å²) in [6.07, 6.45) is 1.56. The van der Waals surface area contributed by atoms with Crippen LogP contribution < -0.4 is 0 Å². The molecule has 1 aromatic carbocycles. The summed E-state index contributed by atoms with van der Waals surface area (Å²) in [6, 6.07) is 9.86. The maximum Gasteiger partial charge on any atom is 0.154 e. The van der Waals surface area contributed by atoms with Crippen LogP contribution in [-0.2, 0) is 4.79 Å². The Morgan fingerprint density at radius 2 is 1.87 bits per heavy atom. The largest absolute Gasteiger partial charge is 0.298 e. The van der Waals surface area contributed by atoms with Crippen LogP contribution in [0.1, 0.15) is 31.4 Å². The molecular weight excluding hydrogens is 186 g/mol. The van der Waals surface area contributed by atoms with Gasteiger partial charge in [-0.3, -0.25) is 9.69 Å². The molecule has 0 saturated heterocycles. The first kappa shape index (κ1) is 11.9. The molecule has 0 amide bonds. The quantitative estimate of drug-likeness (QED) is 0.736. The highest BCUT2D eigenvalue weighted by molar-refractivity contribution is 5.85. The van der Waals surface area contributed by atoms with Crippen molar-refractivity contribution >= 4 is 5.78 Å². The summed E-state index contributed by atoms with van der Waals surface area (Å²) in [5.74, 6) is 0.300. The smallest absolute Gasteiger partial charge is 0.154 e. The van der Waals surface area contributed by atoms with Gasteiger partial charge in [-0.2, -0.15) is 0 Å². The number of ketones is 1. The molecule has 1 rings (SSSR count). The number of carbonyl (C=O) groups is 1. The Balaban J connectivity index is 2.88. The first-order valence-electron chi connectivity index (χ1n) is 5.41. The Labute approximate surface area is 91.9 Å². The topological polar surface area (TPSA) is 20.3 Å². The molecule has 0 aromatic heterocycles. The van der Waals surface area contributed by atoms with Crippen LogP contribution in [0.5, 0.6) is 0 Å². The third kappa shape index (κ3) is 3.17. The SMILES string of the molecule is CCCC(=O)C(c1ccccc1)N(C)C. The third-order valence-corrected chi connectivity index (χ3v) is 2.43. The number of benzene rings is 1. The number of rotatable bonds is 5. The number of carbonyl (C=O) groups excluding carboxylic acids is 1. The van der Waals surface area contributed by atoms with E-state index in [1.54, 1.807) is 0 Å². The molecule has 0 aliphatic heterocycles. The second-order valence-corrected chi connectivity index (χ2v) is 3.99. The highest BCUT2D eigenvalue weighted by atomic mass is 16.1. The average Bonchev–Trinajstić information content (AvgIpc) is 2.19. The van der Waals surface area contributed by atoms with E-state index in [9.17, 15) is 4.79 Å². The minimum absolute atomic E-state index is 0.0915. The summed E-state index contributed by atoms with van der Waals surface area (Å²) in [5, 5.41) is 0. The van der Waals surface area contributed by atoms with Gasteiger partial charge in [-0.15, -0.1) is 0 Å². The minimum atomic E-state index is -0.0915. The maximum absolute atomic E-state index is 11.9. The number of nitrogens with zero attached hydrogens (tertiary/aromatic N) is 1. The Bertz CT molecular complexity index is 306. The van der Waals surface area contributed by atoms with Gasteiger partial charge in [-0.25, -0.2) is 0 Å². The van der Waals surface area contributed by atoms with Gasteiger partial charge in [0, 0.05) is 6.42 Å². The van der Waals surface area contributed by atoms with Gasteiger partial charge in [-0.1, -0.05) is 37.3 Å². The fourth-order valence-electron chi connectivity index (χ4n) is 1.79. The van der Waals surface area contributed by atoms with Crippen LogP contribution >= 0.6 is 0 Å². The molecule has 0 aliphatic carbocycles. The second-order valence-electron chi connectivity index (χ2n) is 3.99. The predicted molar refractivity (Wildman–Crippen MR) is 62.8 cm³/mol. The van der Waals surface area contributed by atoms with Crippen molar-refractivity contribution in [1.29, 1.82) is 0 Å². The van der Waals surface area contributed by atoms with Gasteiger partial charge in [0.2, 0.25) is 0 Å². The summed E-state index contributed by atoms with van der Waals surface area (Å²) in [7, 11) is 3.90. The van der Waals surface area contributed by atoms with Gasteiger partial charge in [0.05, 0.1) is 6.04 Å². The predicted octanol–water partition coefficient (Wildman–Crippen LogP) is 2.66. The zero-order valence-electron chi connectivity index (χ0n) is 9.73. The molecule has 0 spiro atoms. The van der Waals surface area contributed by atoms with Gasteiger partial charge >= 0.3 is 0 Å². The Morgan fingerprint density at radius 1 is 1.27 bits per heavy atom. The summed E-state index contributed by atoms with van der Waals surface area (Å²) < 4.78 is 0. The molecule has 0 N–H and O–H groups in total. The standard InChI is InChI=1S/C13H19NO/c1-4-8-12(15)13(14(2)3)11-9-6-5-7-10-11/h5-7,9-10,13H,4,8H2,1-3H3. The van der Waals surface area contributed by atoms with Crippen molar-refractivity contribution in [2.45, 2.75) is 25.8 Å². The summed E-state index contributed by atoms with van der Waals surface area (Å²) in [4.78, 5) is 13.9. The van der Waals surface area contributed by atoms with E-state index in [1.807, 2.05) is 56.3 Å². The van der Waals surface area contributed by atoms with Crippen LogP contribution in [0.25, 0.3) is 0 Å². The number of hydrogen-bond donors (Lipinski definition) is 0. The van der Waals surface area contributed by atoms with Crippen LogP contribution in [0.4, 0.5) is 0 Å². The zero-order valence-corrected chi connectivity index (χ0v) is 9.73. The number of likely N-dealkylation sites (N-methyl/N-ethyl adjacent to an activating group) is 1. The monoisotopic (exact) mass is 205 g/mol. The lowest BCUT2D eigenvalue weighted by molar-refractivity contribution is -0.123. The molecule has 15 heavy (non-hydrogen) atoms. The Kier molecular flexibility index (Phi) is 4.50. The van der Waals surface area contributed by atoms with E-state index >= 15 is 0 Å². The maximum atomic E-state index is 11.9. The van der Waals surface area contributed by atoms with Gasteiger partial charge in [0.25, 0.3) is 0 Å². The van der Waals surface area contributed by atoms with Gasteiger partial charge in [0.15, 0.2) is 5.78 Å². The Hall–Kier alpha value is -1.15. The van der Waals surface area contributed by atoms with E-state index < -0.39 is 0 Å². The van der Waals surface area contributed by atoms with E-state index in [4.69, 9.17) is 0 Å². The fourth-order valence-corrected chi connectivity index (χ4v) is 1.79. The lowest BCUT2D eigenvalue weighted by Crippen LogP contribution is -2.27. The van der Waals surface area contributed by atoms with E-state index in [0.717, 1.165) is 12.0 Å². The zero-order chi connectivity index (χ0) is 11.3. The second kappa shape index (κ2) is 5.66. The van der Waals surface area contributed by atoms with Crippen LogP contribution in [0.2, 0.25) is 0 Å². The van der Waals surface area contributed by atoms with Crippen molar-refractivity contribution in [3.63, 3.8) is 0 Å². The summed E-state index contributed by atoms with van der Waals surface area (Å²) >= 11 is 0. The van der Waals surface area contributed by atoms with Crippen LogP contribution in [0.15, 0.2) is 30.3 Å². The average molecular weight is 205 g/mol. The highest BCUT2D eigenvalue weighted by Gasteiger charge is 2.21. The normalized spacial score (nSPS) is 12.8. The molecule has 2 nitrogen and oxygen atoms in total.